The first-order chi connectivity index (χ1) is 18.1. The van der Waals surface area contributed by atoms with E-state index in [4.69, 9.17) is 18.9 Å². The van der Waals surface area contributed by atoms with Crippen molar-refractivity contribution in [2.75, 3.05) is 46.0 Å². The van der Waals surface area contributed by atoms with Crippen molar-refractivity contribution in [3.05, 3.63) is 70.4 Å². The molecule has 37 heavy (non-hydrogen) atoms. The number of methoxy groups -OCH3 is 2. The summed E-state index contributed by atoms with van der Waals surface area (Å²) in [6, 6.07) is 16.3. The van der Waals surface area contributed by atoms with Crippen molar-refractivity contribution in [2.45, 2.75) is 19.5 Å². The lowest BCUT2D eigenvalue weighted by molar-refractivity contribution is -0.133. The zero-order chi connectivity index (χ0) is 26.0. The van der Waals surface area contributed by atoms with Gasteiger partial charge < -0.3 is 34.1 Å². The molecular weight excluding hydrogens is 494 g/mol. The van der Waals surface area contributed by atoms with Gasteiger partial charge in [0, 0.05) is 37.4 Å². The highest BCUT2D eigenvalue weighted by atomic mass is 32.1. The van der Waals surface area contributed by atoms with Gasteiger partial charge in [-0.05, 0) is 59.8 Å². The van der Waals surface area contributed by atoms with Gasteiger partial charge in [-0.1, -0.05) is 12.1 Å². The summed E-state index contributed by atoms with van der Waals surface area (Å²) in [5.74, 6) is 1.90. The predicted octanol–water partition coefficient (Wildman–Crippen LogP) is 4.58. The summed E-state index contributed by atoms with van der Waals surface area (Å²) in [4.78, 5) is 31.1. The molecule has 3 aromatic rings. The molecule has 196 valence electrons. The topological polar surface area (TPSA) is 89.6 Å². The third-order valence-corrected chi connectivity index (χ3v) is 6.68. The van der Waals surface area contributed by atoms with Crippen molar-refractivity contribution < 1.29 is 28.5 Å². The number of anilines is 1. The standard InChI is InChI=1S/C27H31N3O6S/c1-33-13-4-12-29(27(32)28-21-7-9-22(34-2)10-8-21)18-26(31)30(17-23-5-3-14-37-23)16-20-6-11-24-25(15-20)36-19-35-24/h3,5-11,14-15H,4,12-13,16-19H2,1-2H3,(H,28,32). The Bertz CT molecular complexity index is 1170. The van der Waals surface area contributed by atoms with Crippen LogP contribution in [0.4, 0.5) is 10.5 Å². The molecule has 9 nitrogen and oxygen atoms in total. The van der Waals surface area contributed by atoms with Gasteiger partial charge in [0.2, 0.25) is 12.7 Å². The summed E-state index contributed by atoms with van der Waals surface area (Å²) in [5, 5.41) is 4.86. The fourth-order valence-electron chi connectivity index (χ4n) is 3.87. The van der Waals surface area contributed by atoms with E-state index in [-0.39, 0.29) is 25.3 Å². The van der Waals surface area contributed by atoms with E-state index >= 15 is 0 Å². The van der Waals surface area contributed by atoms with Crippen molar-refractivity contribution in [2.24, 2.45) is 0 Å². The molecule has 1 aliphatic rings. The van der Waals surface area contributed by atoms with Crippen LogP contribution in [0.3, 0.4) is 0 Å². The average molecular weight is 526 g/mol. The number of ether oxygens (including phenoxy) is 4. The van der Waals surface area contributed by atoms with Crippen molar-refractivity contribution in [1.82, 2.24) is 9.80 Å². The Morgan fingerprint density at radius 2 is 1.81 bits per heavy atom. The molecule has 0 bridgehead atoms. The third kappa shape index (κ3) is 7.37. The Hall–Kier alpha value is -3.76. The molecule has 3 amide bonds. The first kappa shape index (κ1) is 26.3. The maximum atomic E-state index is 13.6. The number of urea groups is 1. The summed E-state index contributed by atoms with van der Waals surface area (Å²) in [6.07, 6.45) is 0.604. The number of rotatable bonds is 12. The first-order valence-corrected chi connectivity index (χ1v) is 12.8. The lowest BCUT2D eigenvalue weighted by Crippen LogP contribution is -2.44. The zero-order valence-electron chi connectivity index (χ0n) is 21.0. The molecule has 0 saturated carbocycles. The van der Waals surface area contributed by atoms with E-state index in [1.54, 1.807) is 54.7 Å². The second-order valence-corrected chi connectivity index (χ2v) is 9.48. The van der Waals surface area contributed by atoms with Gasteiger partial charge in [0.25, 0.3) is 0 Å². The van der Waals surface area contributed by atoms with Crippen LogP contribution < -0.4 is 19.5 Å². The Labute approximate surface area is 220 Å². The lowest BCUT2D eigenvalue weighted by atomic mass is 10.2. The zero-order valence-corrected chi connectivity index (χ0v) is 21.8. The summed E-state index contributed by atoms with van der Waals surface area (Å²) >= 11 is 1.59. The molecule has 2 heterocycles. The Balaban J connectivity index is 1.48. The Kier molecular flexibility index (Phi) is 9.23. The number of hydrogen-bond acceptors (Lipinski definition) is 7. The minimum atomic E-state index is -0.353. The van der Waals surface area contributed by atoms with Crippen molar-refractivity contribution >= 4 is 29.0 Å². The molecule has 0 spiro atoms. The van der Waals surface area contributed by atoms with E-state index < -0.39 is 0 Å². The van der Waals surface area contributed by atoms with Crippen molar-refractivity contribution in [3.8, 4) is 17.2 Å². The monoisotopic (exact) mass is 525 g/mol. The van der Waals surface area contributed by atoms with Gasteiger partial charge in [0.15, 0.2) is 11.5 Å². The van der Waals surface area contributed by atoms with Crippen LogP contribution in [0, 0.1) is 0 Å². The number of benzene rings is 2. The van der Waals surface area contributed by atoms with Crippen LogP contribution >= 0.6 is 11.3 Å². The molecule has 1 aliphatic heterocycles. The van der Waals surface area contributed by atoms with E-state index in [9.17, 15) is 9.59 Å². The fraction of sp³-hybridized carbons (Fsp3) is 0.333. The van der Waals surface area contributed by atoms with Crippen LogP contribution in [0.1, 0.15) is 16.9 Å². The van der Waals surface area contributed by atoms with Gasteiger partial charge in [-0.15, -0.1) is 11.3 Å². The van der Waals surface area contributed by atoms with Gasteiger partial charge in [-0.3, -0.25) is 4.79 Å². The molecule has 1 aromatic heterocycles. The molecule has 0 unspecified atom stereocenters. The summed E-state index contributed by atoms with van der Waals surface area (Å²) < 4.78 is 21.3. The van der Waals surface area contributed by atoms with Gasteiger partial charge in [0.1, 0.15) is 12.3 Å². The third-order valence-electron chi connectivity index (χ3n) is 5.82. The molecule has 0 saturated heterocycles. The van der Waals surface area contributed by atoms with E-state index in [1.165, 1.54) is 4.90 Å². The lowest BCUT2D eigenvalue weighted by Gasteiger charge is -2.28. The minimum absolute atomic E-state index is 0.0678. The van der Waals surface area contributed by atoms with Crippen LogP contribution in [0.15, 0.2) is 60.0 Å². The number of carbonyl (C=O) groups is 2. The number of carbonyl (C=O) groups excluding carboxylic acids is 2. The molecule has 0 aliphatic carbocycles. The largest absolute Gasteiger partial charge is 0.497 e. The second-order valence-electron chi connectivity index (χ2n) is 8.44. The Morgan fingerprint density at radius 1 is 1.00 bits per heavy atom. The Morgan fingerprint density at radius 3 is 2.54 bits per heavy atom. The summed E-state index contributed by atoms with van der Waals surface area (Å²) in [6.45, 7) is 1.80. The van der Waals surface area contributed by atoms with Gasteiger partial charge in [-0.2, -0.15) is 0 Å². The molecule has 0 fully saturated rings. The summed E-state index contributed by atoms with van der Waals surface area (Å²) in [7, 11) is 3.20. The number of nitrogens with one attached hydrogen (secondary N) is 1. The van der Waals surface area contributed by atoms with Crippen LogP contribution in [0.25, 0.3) is 0 Å². The van der Waals surface area contributed by atoms with Gasteiger partial charge >= 0.3 is 6.03 Å². The maximum absolute atomic E-state index is 13.6. The van der Waals surface area contributed by atoms with Crippen molar-refractivity contribution in [3.63, 3.8) is 0 Å². The maximum Gasteiger partial charge on any atom is 0.322 e. The first-order valence-electron chi connectivity index (χ1n) is 11.9. The molecule has 4 rings (SSSR count). The minimum Gasteiger partial charge on any atom is -0.497 e. The molecular formula is C27H31N3O6S. The molecule has 1 N–H and O–H groups in total. The number of hydrogen-bond donors (Lipinski definition) is 1. The predicted molar refractivity (Wildman–Crippen MR) is 141 cm³/mol. The number of amides is 3. The fourth-order valence-corrected chi connectivity index (χ4v) is 4.59. The van der Waals surface area contributed by atoms with E-state index in [1.807, 2.05) is 35.7 Å². The van der Waals surface area contributed by atoms with E-state index in [0.29, 0.717) is 55.6 Å². The van der Waals surface area contributed by atoms with Gasteiger partial charge in [0.05, 0.1) is 13.7 Å². The second kappa shape index (κ2) is 13.0. The van der Waals surface area contributed by atoms with Crippen molar-refractivity contribution in [1.29, 1.82) is 0 Å². The summed E-state index contributed by atoms with van der Waals surface area (Å²) in [5.41, 5.74) is 1.54. The smallest absolute Gasteiger partial charge is 0.322 e. The van der Waals surface area contributed by atoms with E-state index in [2.05, 4.69) is 5.32 Å². The highest BCUT2D eigenvalue weighted by Crippen LogP contribution is 2.33. The highest BCUT2D eigenvalue weighted by Gasteiger charge is 2.23. The molecule has 2 aromatic carbocycles. The number of thiophene rings is 1. The van der Waals surface area contributed by atoms with Crippen LogP contribution in [-0.4, -0.2) is 62.4 Å². The number of fused-ring (bicyclic) bond motifs is 1. The van der Waals surface area contributed by atoms with Gasteiger partial charge in [-0.25, -0.2) is 4.79 Å². The van der Waals surface area contributed by atoms with Crippen LogP contribution in [0.5, 0.6) is 17.2 Å². The highest BCUT2D eigenvalue weighted by molar-refractivity contribution is 7.09. The quantitative estimate of drug-likeness (QED) is 0.348. The SMILES string of the molecule is COCCCN(CC(=O)N(Cc1ccc2c(c1)OCO2)Cc1cccs1)C(=O)Nc1ccc(OC)cc1. The average Bonchev–Trinajstić information content (AvgIpc) is 3.60. The molecule has 0 radical (unpaired) electrons. The van der Waals surface area contributed by atoms with E-state index in [0.717, 1.165) is 10.4 Å². The molecule has 10 heteroatoms. The molecule has 0 atom stereocenters. The van der Waals surface area contributed by atoms with Crippen LogP contribution in [0.2, 0.25) is 0 Å². The number of nitrogens with zero attached hydrogens (tertiary/aromatic N) is 2. The van der Waals surface area contributed by atoms with Crippen LogP contribution in [-0.2, 0) is 22.6 Å². The normalized spacial score (nSPS) is 11.7.